The van der Waals surface area contributed by atoms with Crippen LogP contribution >= 0.6 is 0 Å². The van der Waals surface area contributed by atoms with E-state index < -0.39 is 0 Å². The highest BCUT2D eigenvalue weighted by molar-refractivity contribution is 5.79. The first-order valence-corrected chi connectivity index (χ1v) is 13.2. The van der Waals surface area contributed by atoms with E-state index in [4.69, 9.17) is 9.84 Å². The Balaban J connectivity index is 1.11. The number of hydrogen-bond donors (Lipinski definition) is 0. The van der Waals surface area contributed by atoms with Crippen LogP contribution in [0.5, 0.6) is 0 Å². The van der Waals surface area contributed by atoms with E-state index in [1.165, 1.54) is 0 Å². The molecule has 3 aromatic heterocycles. The van der Waals surface area contributed by atoms with Crippen LogP contribution < -0.4 is 0 Å². The third kappa shape index (κ3) is 3.52. The Morgan fingerprint density at radius 3 is 2.50 bits per heavy atom. The molecule has 1 amide bonds. The summed E-state index contributed by atoms with van der Waals surface area (Å²) in [5.74, 6) is 1.83. The Morgan fingerprint density at radius 1 is 0.974 bits per heavy atom. The Kier molecular flexibility index (Phi) is 5.26. The highest BCUT2D eigenvalue weighted by Gasteiger charge is 2.69. The maximum absolute atomic E-state index is 12.7. The minimum absolute atomic E-state index is 0.0804. The number of nitrogens with zero attached hydrogens (tertiary/aromatic N) is 7. The zero-order valence-corrected chi connectivity index (χ0v) is 21.9. The second-order valence-corrected chi connectivity index (χ2v) is 11.3. The van der Waals surface area contributed by atoms with Gasteiger partial charge in [-0.2, -0.15) is 10.2 Å². The lowest BCUT2D eigenvalue weighted by Gasteiger charge is -2.53. The third-order valence-electron chi connectivity index (χ3n) is 8.98. The number of rotatable bonds is 5. The average Bonchev–Trinajstić information content (AvgIpc) is 3.72. The predicted octanol–water partition coefficient (Wildman–Crippen LogP) is 3.71. The van der Waals surface area contributed by atoms with Gasteiger partial charge >= 0.3 is 0 Å². The van der Waals surface area contributed by atoms with E-state index in [0.717, 1.165) is 53.9 Å². The minimum atomic E-state index is 0.0804. The Bertz CT molecular complexity index is 1510. The van der Waals surface area contributed by atoms with E-state index in [1.807, 2.05) is 64.3 Å². The summed E-state index contributed by atoms with van der Waals surface area (Å²) in [5, 5.41) is 9.04. The summed E-state index contributed by atoms with van der Waals surface area (Å²) in [7, 11) is 5.62. The molecule has 7 rings (SSSR count). The molecule has 5 atom stereocenters. The Morgan fingerprint density at radius 2 is 1.74 bits per heavy atom. The summed E-state index contributed by atoms with van der Waals surface area (Å²) in [4.78, 5) is 23.8. The molecule has 1 spiro atoms. The van der Waals surface area contributed by atoms with Crippen molar-refractivity contribution in [3.8, 4) is 33.6 Å². The van der Waals surface area contributed by atoms with Crippen molar-refractivity contribution < 1.29 is 9.53 Å². The van der Waals surface area contributed by atoms with Gasteiger partial charge in [-0.3, -0.25) is 14.2 Å². The summed E-state index contributed by atoms with van der Waals surface area (Å²) in [6.45, 7) is 1.51. The third-order valence-corrected chi connectivity index (χ3v) is 8.98. The molecule has 3 fully saturated rings. The van der Waals surface area contributed by atoms with Crippen LogP contribution in [-0.2, 0) is 16.6 Å². The molecule has 4 heterocycles. The number of ether oxygens (including phenoxy) is 1. The number of amides is 1. The zero-order chi connectivity index (χ0) is 26.0. The smallest absolute Gasteiger partial charge is 0.225 e. The van der Waals surface area contributed by atoms with Gasteiger partial charge < -0.3 is 9.64 Å². The van der Waals surface area contributed by atoms with E-state index >= 15 is 0 Å². The second-order valence-electron chi connectivity index (χ2n) is 11.3. The van der Waals surface area contributed by atoms with Crippen molar-refractivity contribution in [2.75, 3.05) is 27.3 Å². The maximum atomic E-state index is 12.7. The van der Waals surface area contributed by atoms with Crippen LogP contribution in [0.15, 0.2) is 61.4 Å². The van der Waals surface area contributed by atoms with E-state index in [2.05, 4.69) is 38.1 Å². The molecule has 4 aromatic rings. The summed E-state index contributed by atoms with van der Waals surface area (Å²) in [6.07, 6.45) is 13.4. The molecule has 9 heteroatoms. The number of hydrogen-bond acceptors (Lipinski definition) is 6. The number of carbonyl (C=O) groups is 1. The van der Waals surface area contributed by atoms with E-state index in [1.54, 1.807) is 9.58 Å². The van der Waals surface area contributed by atoms with Gasteiger partial charge in [0, 0.05) is 85.4 Å². The number of aryl methyl sites for hydroxylation is 1. The summed E-state index contributed by atoms with van der Waals surface area (Å²) in [6, 6.07) is 8.46. The van der Waals surface area contributed by atoms with Gasteiger partial charge in [0.05, 0.1) is 31.6 Å². The zero-order valence-electron chi connectivity index (χ0n) is 21.9. The molecule has 2 aliphatic carbocycles. The van der Waals surface area contributed by atoms with Crippen LogP contribution in [0.4, 0.5) is 0 Å². The van der Waals surface area contributed by atoms with Crippen molar-refractivity contribution >= 4 is 5.91 Å². The highest BCUT2D eigenvalue weighted by atomic mass is 16.5. The molecule has 3 aliphatic rings. The molecule has 1 aromatic carbocycles. The molecule has 0 N–H and O–H groups in total. The van der Waals surface area contributed by atoms with Gasteiger partial charge in [-0.1, -0.05) is 18.2 Å². The molecule has 38 heavy (non-hydrogen) atoms. The SMILES string of the molecule is CN(C)C(=O)C1CC2C(n3cc(-c4cnc(-c5cccc(-c6cnn(C)c6)c5)nc4)cn3)C3COCC32C1. The van der Waals surface area contributed by atoms with Gasteiger partial charge in [-0.25, -0.2) is 9.97 Å². The maximum Gasteiger partial charge on any atom is 0.225 e. The molecule has 194 valence electrons. The fourth-order valence-electron chi connectivity index (χ4n) is 7.16. The molecule has 2 saturated carbocycles. The summed E-state index contributed by atoms with van der Waals surface area (Å²) >= 11 is 0. The predicted molar refractivity (Wildman–Crippen MR) is 142 cm³/mol. The first-order chi connectivity index (χ1) is 18.4. The van der Waals surface area contributed by atoms with Gasteiger partial charge in [0.15, 0.2) is 5.82 Å². The van der Waals surface area contributed by atoms with Crippen molar-refractivity contribution in [2.45, 2.75) is 18.9 Å². The molecule has 0 bridgehead atoms. The highest BCUT2D eigenvalue weighted by Crippen LogP contribution is 2.70. The lowest BCUT2D eigenvalue weighted by atomic mass is 9.53. The van der Waals surface area contributed by atoms with E-state index in [-0.39, 0.29) is 23.3 Å². The van der Waals surface area contributed by atoms with Gasteiger partial charge in [0.25, 0.3) is 0 Å². The van der Waals surface area contributed by atoms with Crippen molar-refractivity contribution in [3.63, 3.8) is 0 Å². The standard InChI is InChI=1S/C29H31N7O2/c1-34(2)28(37)20-8-24-26(25-16-38-17-29(24,25)9-20)36-15-23(13-33-36)21-10-30-27(31-11-21)19-6-4-5-18(7-19)22-12-32-35(3)14-22/h4-7,10-15,20,24-26H,8-9,16-17H2,1-3H3. The first-order valence-electron chi connectivity index (χ1n) is 13.2. The number of carbonyl (C=O) groups excluding carboxylic acids is 1. The van der Waals surface area contributed by atoms with Crippen LogP contribution in [-0.4, -0.2) is 67.6 Å². The lowest BCUT2D eigenvalue weighted by molar-refractivity contribution is -0.133. The second kappa shape index (κ2) is 8.59. The monoisotopic (exact) mass is 509 g/mol. The topological polar surface area (TPSA) is 91.0 Å². The molecular weight excluding hydrogens is 478 g/mol. The molecule has 5 unspecified atom stereocenters. The van der Waals surface area contributed by atoms with Crippen molar-refractivity contribution in [1.29, 1.82) is 0 Å². The van der Waals surface area contributed by atoms with Crippen LogP contribution in [0.1, 0.15) is 18.9 Å². The minimum Gasteiger partial charge on any atom is -0.380 e. The lowest BCUT2D eigenvalue weighted by Crippen LogP contribution is -2.54. The van der Waals surface area contributed by atoms with Gasteiger partial charge in [-0.05, 0) is 30.4 Å². The number of benzene rings is 1. The normalized spacial score (nSPS) is 27.6. The van der Waals surface area contributed by atoms with Gasteiger partial charge in [0.1, 0.15) is 0 Å². The average molecular weight is 510 g/mol. The number of aromatic nitrogens is 6. The Labute approximate surface area is 221 Å². The first kappa shape index (κ1) is 23.3. The van der Waals surface area contributed by atoms with Crippen molar-refractivity contribution in [3.05, 3.63) is 61.4 Å². The molecule has 9 nitrogen and oxygen atoms in total. The summed E-state index contributed by atoms with van der Waals surface area (Å²) in [5.41, 5.74) is 5.16. The van der Waals surface area contributed by atoms with Crippen LogP contribution in [0.3, 0.4) is 0 Å². The van der Waals surface area contributed by atoms with Crippen LogP contribution in [0, 0.1) is 23.2 Å². The van der Waals surface area contributed by atoms with Crippen molar-refractivity contribution in [2.24, 2.45) is 30.2 Å². The molecule has 1 aliphatic heterocycles. The molecule has 0 radical (unpaired) electrons. The fraction of sp³-hybridized carbons (Fsp3) is 0.414. The molecule has 1 saturated heterocycles. The largest absolute Gasteiger partial charge is 0.380 e. The van der Waals surface area contributed by atoms with Gasteiger partial charge in [0.2, 0.25) is 5.91 Å². The Hall–Kier alpha value is -3.85. The van der Waals surface area contributed by atoms with Crippen LogP contribution in [0.25, 0.3) is 33.6 Å². The summed E-state index contributed by atoms with van der Waals surface area (Å²) < 4.78 is 9.87. The fourth-order valence-corrected chi connectivity index (χ4v) is 7.16. The van der Waals surface area contributed by atoms with Crippen molar-refractivity contribution in [1.82, 2.24) is 34.4 Å². The molecular formula is C29H31N7O2. The van der Waals surface area contributed by atoms with Crippen LogP contribution in [0.2, 0.25) is 0 Å². The van der Waals surface area contributed by atoms with E-state index in [9.17, 15) is 4.79 Å². The van der Waals surface area contributed by atoms with E-state index in [0.29, 0.717) is 17.7 Å². The quantitative estimate of drug-likeness (QED) is 0.407. The van der Waals surface area contributed by atoms with Gasteiger partial charge in [-0.15, -0.1) is 0 Å².